The van der Waals surface area contributed by atoms with Gasteiger partial charge in [0.25, 0.3) is 5.91 Å². The number of nitrogens with one attached hydrogen (secondary N) is 2. The molecule has 124 valence electrons. The lowest BCUT2D eigenvalue weighted by Crippen LogP contribution is -2.43. The van der Waals surface area contributed by atoms with Crippen molar-refractivity contribution in [2.24, 2.45) is 0 Å². The van der Waals surface area contributed by atoms with Crippen molar-refractivity contribution in [3.8, 4) is 0 Å². The lowest BCUT2D eigenvalue weighted by molar-refractivity contribution is -0.134. The van der Waals surface area contributed by atoms with E-state index in [1.807, 2.05) is 37.3 Å². The van der Waals surface area contributed by atoms with Gasteiger partial charge in [-0.15, -0.1) is 0 Å². The molecule has 1 aromatic carbocycles. The maximum absolute atomic E-state index is 12.3. The Bertz CT molecular complexity index is 598. The van der Waals surface area contributed by atoms with Crippen LogP contribution in [0.3, 0.4) is 0 Å². The molecule has 1 fully saturated rings. The van der Waals surface area contributed by atoms with Gasteiger partial charge >= 0.3 is 6.03 Å². The molecule has 0 spiro atoms. The molecule has 0 unspecified atom stereocenters. The maximum atomic E-state index is 12.3. The number of benzene rings is 1. The summed E-state index contributed by atoms with van der Waals surface area (Å²) in [4.78, 5) is 37.2. The minimum Gasteiger partial charge on any atom is -0.348 e. The number of hydrogen-bond donors (Lipinski definition) is 2. The molecule has 4 amide bonds. The maximum Gasteiger partial charge on any atom is 0.325 e. The highest BCUT2D eigenvalue weighted by Crippen LogP contribution is 2.19. The summed E-state index contributed by atoms with van der Waals surface area (Å²) >= 11 is 0. The molecule has 1 aromatic rings. The van der Waals surface area contributed by atoms with Gasteiger partial charge in [0.2, 0.25) is 5.91 Å². The number of nitrogens with zero attached hydrogens (tertiary/aromatic N) is 1. The first-order valence-electron chi connectivity index (χ1n) is 7.83. The van der Waals surface area contributed by atoms with Crippen LogP contribution in [0.1, 0.15) is 45.2 Å². The standard InChI is InChI=1S/C17H23N3O3/c1-4-8-13(12-9-6-5-7-10-12)18-14(21)11-20-15(22)17(2,3)19-16(20)23/h5-7,9-10,13H,4,8,11H2,1-3H3,(H,18,21)(H,19,23)/t13-/m1/s1. The third-order valence-electron chi connectivity index (χ3n) is 3.86. The van der Waals surface area contributed by atoms with E-state index in [9.17, 15) is 14.4 Å². The fourth-order valence-electron chi connectivity index (χ4n) is 2.64. The lowest BCUT2D eigenvalue weighted by Gasteiger charge is -2.21. The Morgan fingerprint density at radius 1 is 1.26 bits per heavy atom. The lowest BCUT2D eigenvalue weighted by atomic mass is 10.0. The van der Waals surface area contributed by atoms with E-state index in [4.69, 9.17) is 0 Å². The Morgan fingerprint density at radius 3 is 2.43 bits per heavy atom. The molecule has 1 aliphatic heterocycles. The molecule has 1 saturated heterocycles. The number of carbonyl (C=O) groups is 3. The second kappa shape index (κ2) is 6.81. The van der Waals surface area contributed by atoms with E-state index in [1.165, 1.54) is 0 Å². The number of imide groups is 1. The molecular weight excluding hydrogens is 294 g/mol. The van der Waals surface area contributed by atoms with Crippen LogP contribution in [-0.4, -0.2) is 34.8 Å². The van der Waals surface area contributed by atoms with Crippen molar-refractivity contribution in [2.45, 2.75) is 45.2 Å². The average molecular weight is 317 g/mol. The van der Waals surface area contributed by atoms with Crippen molar-refractivity contribution < 1.29 is 14.4 Å². The second-order valence-electron chi connectivity index (χ2n) is 6.27. The zero-order valence-electron chi connectivity index (χ0n) is 13.8. The minimum atomic E-state index is -0.959. The van der Waals surface area contributed by atoms with E-state index < -0.39 is 11.6 Å². The number of hydrogen-bond acceptors (Lipinski definition) is 3. The average Bonchev–Trinajstić information content (AvgIpc) is 2.70. The first kappa shape index (κ1) is 17.0. The van der Waals surface area contributed by atoms with Crippen molar-refractivity contribution in [2.75, 3.05) is 6.54 Å². The molecule has 2 N–H and O–H groups in total. The van der Waals surface area contributed by atoms with E-state index in [1.54, 1.807) is 13.8 Å². The molecule has 0 aliphatic carbocycles. The van der Waals surface area contributed by atoms with Crippen LogP contribution in [0.4, 0.5) is 4.79 Å². The molecular formula is C17H23N3O3. The van der Waals surface area contributed by atoms with Crippen LogP contribution in [0.15, 0.2) is 30.3 Å². The summed E-state index contributed by atoms with van der Waals surface area (Å²) in [6.45, 7) is 5.02. The summed E-state index contributed by atoms with van der Waals surface area (Å²) in [5.74, 6) is -0.724. The highest BCUT2D eigenvalue weighted by molar-refractivity contribution is 6.08. The highest BCUT2D eigenvalue weighted by atomic mass is 16.2. The number of amides is 4. The van der Waals surface area contributed by atoms with Crippen LogP contribution in [-0.2, 0) is 9.59 Å². The van der Waals surface area contributed by atoms with E-state index in [-0.39, 0.29) is 24.4 Å². The summed E-state index contributed by atoms with van der Waals surface area (Å²) in [5, 5.41) is 5.48. The third-order valence-corrected chi connectivity index (χ3v) is 3.86. The number of carbonyl (C=O) groups excluding carboxylic acids is 3. The predicted molar refractivity (Wildman–Crippen MR) is 86.6 cm³/mol. The SMILES string of the molecule is CCC[C@@H](NC(=O)CN1C(=O)NC(C)(C)C1=O)c1ccccc1. The van der Waals surface area contributed by atoms with Gasteiger partial charge in [-0.05, 0) is 25.8 Å². The molecule has 0 aromatic heterocycles. The van der Waals surface area contributed by atoms with E-state index in [0.717, 1.165) is 23.3 Å². The highest BCUT2D eigenvalue weighted by Gasteiger charge is 2.44. The van der Waals surface area contributed by atoms with Crippen molar-refractivity contribution in [3.63, 3.8) is 0 Å². The Balaban J connectivity index is 2.03. The molecule has 6 heteroatoms. The normalized spacial score (nSPS) is 17.8. The third kappa shape index (κ3) is 3.88. The number of rotatable bonds is 6. The Labute approximate surface area is 136 Å². The fourth-order valence-corrected chi connectivity index (χ4v) is 2.64. The van der Waals surface area contributed by atoms with Crippen LogP contribution >= 0.6 is 0 Å². The molecule has 1 heterocycles. The largest absolute Gasteiger partial charge is 0.348 e. The molecule has 0 saturated carbocycles. The van der Waals surface area contributed by atoms with Gasteiger partial charge in [0.15, 0.2) is 0 Å². The van der Waals surface area contributed by atoms with Gasteiger partial charge in [-0.25, -0.2) is 4.79 Å². The van der Waals surface area contributed by atoms with Gasteiger partial charge in [0.05, 0.1) is 6.04 Å². The Morgan fingerprint density at radius 2 is 1.91 bits per heavy atom. The van der Waals surface area contributed by atoms with Crippen molar-refractivity contribution >= 4 is 17.8 Å². The molecule has 6 nitrogen and oxygen atoms in total. The molecule has 0 bridgehead atoms. The topological polar surface area (TPSA) is 78.5 Å². The van der Waals surface area contributed by atoms with Crippen molar-refractivity contribution in [3.05, 3.63) is 35.9 Å². The van der Waals surface area contributed by atoms with Gasteiger partial charge in [0.1, 0.15) is 12.1 Å². The van der Waals surface area contributed by atoms with Crippen molar-refractivity contribution in [1.82, 2.24) is 15.5 Å². The first-order chi connectivity index (χ1) is 10.8. The van der Waals surface area contributed by atoms with E-state index >= 15 is 0 Å². The van der Waals surface area contributed by atoms with Crippen LogP contribution < -0.4 is 10.6 Å². The smallest absolute Gasteiger partial charge is 0.325 e. The first-order valence-corrected chi connectivity index (χ1v) is 7.83. The number of urea groups is 1. The van der Waals surface area contributed by atoms with Gasteiger partial charge in [-0.3, -0.25) is 14.5 Å². The van der Waals surface area contributed by atoms with E-state index in [2.05, 4.69) is 10.6 Å². The summed E-state index contributed by atoms with van der Waals surface area (Å²) in [6, 6.07) is 9.02. The monoisotopic (exact) mass is 317 g/mol. The van der Waals surface area contributed by atoms with Crippen LogP contribution in [0, 0.1) is 0 Å². The van der Waals surface area contributed by atoms with Crippen LogP contribution in [0.25, 0.3) is 0 Å². The van der Waals surface area contributed by atoms with Crippen molar-refractivity contribution in [1.29, 1.82) is 0 Å². The fraction of sp³-hybridized carbons (Fsp3) is 0.471. The van der Waals surface area contributed by atoms with Gasteiger partial charge in [-0.2, -0.15) is 0 Å². The predicted octanol–water partition coefficient (Wildman–Crippen LogP) is 1.97. The van der Waals surface area contributed by atoms with Crippen LogP contribution in [0.5, 0.6) is 0 Å². The summed E-state index contributed by atoms with van der Waals surface area (Å²) in [5.41, 5.74) is 0.0554. The minimum absolute atomic E-state index is 0.123. The Kier molecular flexibility index (Phi) is 5.03. The van der Waals surface area contributed by atoms with Crippen LogP contribution in [0.2, 0.25) is 0 Å². The van der Waals surface area contributed by atoms with Gasteiger partial charge < -0.3 is 10.6 Å². The van der Waals surface area contributed by atoms with Gasteiger partial charge in [-0.1, -0.05) is 43.7 Å². The second-order valence-corrected chi connectivity index (χ2v) is 6.27. The zero-order valence-corrected chi connectivity index (χ0v) is 13.8. The molecule has 2 rings (SSSR count). The molecule has 0 radical (unpaired) electrons. The van der Waals surface area contributed by atoms with E-state index in [0.29, 0.717) is 0 Å². The molecule has 1 atom stereocenters. The Hall–Kier alpha value is -2.37. The summed E-state index contributed by atoms with van der Waals surface area (Å²) in [7, 11) is 0. The molecule has 1 aliphatic rings. The van der Waals surface area contributed by atoms with Gasteiger partial charge in [0, 0.05) is 0 Å². The summed E-state index contributed by atoms with van der Waals surface area (Å²) in [6.07, 6.45) is 1.71. The zero-order chi connectivity index (χ0) is 17.0. The molecule has 23 heavy (non-hydrogen) atoms. The quantitative estimate of drug-likeness (QED) is 0.787. The summed E-state index contributed by atoms with van der Waals surface area (Å²) < 4.78 is 0.